The molecule has 2 aromatic carbocycles. The third-order valence-corrected chi connectivity index (χ3v) is 5.17. The van der Waals surface area contributed by atoms with Crippen LogP contribution in [-0.2, 0) is 11.3 Å². The van der Waals surface area contributed by atoms with Crippen molar-refractivity contribution in [2.45, 2.75) is 39.8 Å². The Bertz CT molecular complexity index is 1060. The SMILES string of the molecule is C[C@@H](N)CCNC(=O)C(C)(C)[CH]c1nc(-c2cc(F)ccc2F)cn1Cc1ccccc1. The third kappa shape index (κ3) is 6.01. The molecule has 1 aromatic heterocycles. The first-order chi connectivity index (χ1) is 15.2. The van der Waals surface area contributed by atoms with E-state index >= 15 is 0 Å². The lowest BCUT2D eigenvalue weighted by Gasteiger charge is -2.23. The number of amides is 1. The van der Waals surface area contributed by atoms with Gasteiger partial charge in [0, 0.05) is 37.3 Å². The maximum absolute atomic E-state index is 14.4. The molecule has 5 nitrogen and oxygen atoms in total. The summed E-state index contributed by atoms with van der Waals surface area (Å²) < 4.78 is 30.0. The minimum absolute atomic E-state index is 0.00381. The second-order valence-electron chi connectivity index (χ2n) is 8.61. The van der Waals surface area contributed by atoms with E-state index in [2.05, 4.69) is 10.3 Å². The number of nitrogens with one attached hydrogen (secondary N) is 1. The first-order valence-electron chi connectivity index (χ1n) is 10.6. The van der Waals surface area contributed by atoms with E-state index < -0.39 is 17.0 Å². The number of benzene rings is 2. The number of hydrogen-bond donors (Lipinski definition) is 2. The van der Waals surface area contributed by atoms with E-state index in [1.54, 1.807) is 26.5 Å². The molecule has 0 saturated carbocycles. The van der Waals surface area contributed by atoms with E-state index in [0.29, 0.717) is 31.0 Å². The van der Waals surface area contributed by atoms with Crippen LogP contribution < -0.4 is 11.1 Å². The summed E-state index contributed by atoms with van der Waals surface area (Å²) >= 11 is 0. The van der Waals surface area contributed by atoms with Crippen molar-refractivity contribution >= 4 is 5.91 Å². The van der Waals surface area contributed by atoms with E-state index in [-0.39, 0.29) is 17.5 Å². The van der Waals surface area contributed by atoms with Crippen molar-refractivity contribution in [3.8, 4) is 11.3 Å². The van der Waals surface area contributed by atoms with Gasteiger partial charge < -0.3 is 15.6 Å². The van der Waals surface area contributed by atoms with Crippen LogP contribution in [-0.4, -0.2) is 28.0 Å². The molecule has 0 aliphatic heterocycles. The summed E-state index contributed by atoms with van der Waals surface area (Å²) in [5.41, 5.74) is 6.27. The summed E-state index contributed by atoms with van der Waals surface area (Å²) in [5, 5.41) is 2.90. The standard InChI is InChI=1S/C25H29F2N4O/c1-17(28)11-12-29-24(32)25(2,3)14-23-30-22(20-13-19(26)9-10-21(20)27)16-31(23)15-18-7-5-4-6-8-18/h4-10,13-14,16-17H,11-12,15,28H2,1-3H3,(H,29,32)/t17-/m1/s1. The van der Waals surface area contributed by atoms with E-state index in [0.717, 1.165) is 23.8 Å². The second kappa shape index (κ2) is 10.0. The van der Waals surface area contributed by atoms with Gasteiger partial charge in [-0.2, -0.15) is 0 Å². The molecular weight excluding hydrogens is 410 g/mol. The lowest BCUT2D eigenvalue weighted by atomic mass is 9.87. The van der Waals surface area contributed by atoms with Crippen LogP contribution in [0.5, 0.6) is 0 Å². The maximum atomic E-state index is 14.4. The smallest absolute Gasteiger partial charge is 0.226 e. The zero-order valence-corrected chi connectivity index (χ0v) is 18.6. The Labute approximate surface area is 187 Å². The largest absolute Gasteiger partial charge is 0.356 e. The Morgan fingerprint density at radius 2 is 1.94 bits per heavy atom. The van der Waals surface area contributed by atoms with Gasteiger partial charge in [-0.1, -0.05) is 44.2 Å². The number of nitrogens with two attached hydrogens (primary N) is 1. The number of rotatable bonds is 9. The average Bonchev–Trinajstić information content (AvgIpc) is 3.11. The van der Waals surface area contributed by atoms with Crippen molar-refractivity contribution in [1.29, 1.82) is 0 Å². The number of carbonyl (C=O) groups is 1. The first-order valence-corrected chi connectivity index (χ1v) is 10.6. The lowest BCUT2D eigenvalue weighted by Crippen LogP contribution is -2.39. The van der Waals surface area contributed by atoms with Crippen LogP contribution >= 0.6 is 0 Å². The number of aromatic nitrogens is 2. The molecule has 0 bridgehead atoms. The van der Waals surface area contributed by atoms with Crippen molar-refractivity contribution in [2.75, 3.05) is 6.54 Å². The van der Waals surface area contributed by atoms with Crippen molar-refractivity contribution < 1.29 is 13.6 Å². The number of imidazole rings is 1. The highest BCUT2D eigenvalue weighted by molar-refractivity contribution is 5.83. The molecule has 3 aromatic rings. The minimum Gasteiger partial charge on any atom is -0.356 e. The third-order valence-electron chi connectivity index (χ3n) is 5.17. The molecule has 1 radical (unpaired) electrons. The van der Waals surface area contributed by atoms with Crippen molar-refractivity contribution in [3.63, 3.8) is 0 Å². The topological polar surface area (TPSA) is 72.9 Å². The summed E-state index contributed by atoms with van der Waals surface area (Å²) in [6.07, 6.45) is 4.10. The van der Waals surface area contributed by atoms with Crippen molar-refractivity contribution in [2.24, 2.45) is 11.1 Å². The molecule has 1 amide bonds. The molecule has 1 atom stereocenters. The highest BCUT2D eigenvalue weighted by Gasteiger charge is 2.31. The molecule has 3 N–H and O–H groups in total. The fraction of sp³-hybridized carbons (Fsp3) is 0.320. The molecule has 0 spiro atoms. The molecular formula is C25H29F2N4O. The number of nitrogens with zero attached hydrogens (tertiary/aromatic N) is 2. The van der Waals surface area contributed by atoms with Gasteiger partial charge in [0.1, 0.15) is 17.5 Å². The van der Waals surface area contributed by atoms with Crippen LogP contribution in [0.4, 0.5) is 8.78 Å². The summed E-state index contributed by atoms with van der Waals surface area (Å²) in [7, 11) is 0. The normalized spacial score (nSPS) is 12.6. The monoisotopic (exact) mass is 439 g/mol. The Hall–Kier alpha value is -3.06. The zero-order chi connectivity index (χ0) is 23.3. The second-order valence-corrected chi connectivity index (χ2v) is 8.61. The van der Waals surface area contributed by atoms with Crippen LogP contribution in [0.25, 0.3) is 11.3 Å². The summed E-state index contributed by atoms with van der Waals surface area (Å²) in [6.45, 7) is 6.41. The molecule has 0 unspecified atom stereocenters. The Balaban J connectivity index is 1.91. The highest BCUT2D eigenvalue weighted by atomic mass is 19.1. The van der Waals surface area contributed by atoms with E-state index in [9.17, 15) is 13.6 Å². The van der Waals surface area contributed by atoms with Crippen LogP contribution in [0.1, 0.15) is 38.6 Å². The number of carbonyl (C=O) groups excluding carboxylic acids is 1. The van der Waals surface area contributed by atoms with E-state index in [1.807, 2.05) is 41.8 Å². The molecule has 169 valence electrons. The van der Waals surface area contributed by atoms with Gasteiger partial charge in [-0.15, -0.1) is 0 Å². The average molecular weight is 440 g/mol. The van der Waals surface area contributed by atoms with Crippen LogP contribution in [0.3, 0.4) is 0 Å². The summed E-state index contributed by atoms with van der Waals surface area (Å²) in [5.74, 6) is -0.764. The minimum atomic E-state index is -0.880. The predicted octanol–water partition coefficient (Wildman–Crippen LogP) is 4.31. The number of halogens is 2. The van der Waals surface area contributed by atoms with Gasteiger partial charge in [-0.05, 0) is 37.1 Å². The quantitative estimate of drug-likeness (QED) is 0.522. The van der Waals surface area contributed by atoms with Gasteiger partial charge in [-0.3, -0.25) is 4.79 Å². The van der Waals surface area contributed by atoms with Crippen molar-refractivity contribution in [3.05, 3.63) is 84.2 Å². The zero-order valence-electron chi connectivity index (χ0n) is 18.6. The molecule has 32 heavy (non-hydrogen) atoms. The predicted molar refractivity (Wildman–Crippen MR) is 122 cm³/mol. The summed E-state index contributed by atoms with van der Waals surface area (Å²) in [4.78, 5) is 17.3. The Morgan fingerprint density at radius 1 is 1.22 bits per heavy atom. The van der Waals surface area contributed by atoms with Gasteiger partial charge in [0.15, 0.2) is 0 Å². The van der Waals surface area contributed by atoms with Gasteiger partial charge in [-0.25, -0.2) is 13.8 Å². The molecule has 0 aliphatic rings. The molecule has 0 saturated heterocycles. The van der Waals surface area contributed by atoms with Crippen LogP contribution in [0, 0.1) is 23.5 Å². The van der Waals surface area contributed by atoms with Gasteiger partial charge >= 0.3 is 0 Å². The molecule has 3 rings (SSSR count). The first kappa shape index (κ1) is 23.6. The van der Waals surface area contributed by atoms with E-state index in [1.165, 1.54) is 0 Å². The van der Waals surface area contributed by atoms with Gasteiger partial charge in [0.2, 0.25) is 5.91 Å². The van der Waals surface area contributed by atoms with Crippen LogP contribution in [0.15, 0.2) is 54.7 Å². The highest BCUT2D eigenvalue weighted by Crippen LogP contribution is 2.29. The number of hydrogen-bond acceptors (Lipinski definition) is 3. The van der Waals surface area contributed by atoms with Crippen molar-refractivity contribution in [1.82, 2.24) is 14.9 Å². The molecule has 0 aliphatic carbocycles. The Kier molecular flexibility index (Phi) is 7.40. The maximum Gasteiger partial charge on any atom is 0.226 e. The lowest BCUT2D eigenvalue weighted by molar-refractivity contribution is -0.127. The fourth-order valence-corrected chi connectivity index (χ4v) is 3.31. The van der Waals surface area contributed by atoms with Crippen LogP contribution in [0.2, 0.25) is 0 Å². The Morgan fingerprint density at radius 3 is 2.62 bits per heavy atom. The fourth-order valence-electron chi connectivity index (χ4n) is 3.31. The molecule has 1 heterocycles. The van der Waals surface area contributed by atoms with E-state index in [4.69, 9.17) is 5.73 Å². The van der Waals surface area contributed by atoms with Gasteiger partial charge in [0.05, 0.1) is 11.1 Å². The molecule has 0 fully saturated rings. The van der Waals surface area contributed by atoms with Gasteiger partial charge in [0.25, 0.3) is 0 Å². The summed E-state index contributed by atoms with van der Waals surface area (Å²) in [6, 6.07) is 13.0. The molecule has 7 heteroatoms.